The summed E-state index contributed by atoms with van der Waals surface area (Å²) in [4.78, 5) is 34.4. The van der Waals surface area contributed by atoms with E-state index >= 15 is 0 Å². The summed E-state index contributed by atoms with van der Waals surface area (Å²) in [6.07, 6.45) is 1.62. The molecule has 0 bridgehead atoms. The van der Waals surface area contributed by atoms with Crippen LogP contribution in [-0.4, -0.2) is 84.1 Å². The number of aryl methyl sites for hydroxylation is 1. The molecular formula is C30H37N3O7S. The van der Waals surface area contributed by atoms with Crippen molar-refractivity contribution >= 4 is 32.8 Å². The quantitative estimate of drug-likeness (QED) is 0.344. The number of morpholine rings is 1. The molecule has 5 rings (SSSR count). The molecule has 1 aromatic heterocycles. The zero-order chi connectivity index (χ0) is 29.0. The smallest absolute Gasteiger partial charge is 0.226 e. The Bertz CT molecular complexity index is 1420. The topological polar surface area (TPSA) is 130 Å². The van der Waals surface area contributed by atoms with E-state index in [1.807, 2.05) is 36.4 Å². The number of amides is 2. The third-order valence-electron chi connectivity index (χ3n) is 7.80. The number of oxazole rings is 1. The Morgan fingerprint density at radius 2 is 1.73 bits per heavy atom. The summed E-state index contributed by atoms with van der Waals surface area (Å²) in [5, 5.41) is 10.6. The van der Waals surface area contributed by atoms with Crippen LogP contribution in [0.25, 0.3) is 11.1 Å². The minimum atomic E-state index is -3.74. The van der Waals surface area contributed by atoms with Crippen LogP contribution in [0.2, 0.25) is 0 Å². The second-order valence-corrected chi connectivity index (χ2v) is 13.1. The highest BCUT2D eigenvalue weighted by atomic mass is 32.2. The first-order valence-electron chi connectivity index (χ1n) is 14.2. The number of aliphatic hydroxyl groups excluding tert-OH is 1. The molecule has 2 heterocycles. The fourth-order valence-corrected chi connectivity index (χ4v) is 7.24. The van der Waals surface area contributed by atoms with Crippen molar-refractivity contribution in [2.75, 3.05) is 32.6 Å². The molecule has 220 valence electrons. The van der Waals surface area contributed by atoms with E-state index in [9.17, 15) is 23.1 Å². The van der Waals surface area contributed by atoms with Gasteiger partial charge in [-0.1, -0.05) is 42.5 Å². The number of carbonyl (C=O) groups excluding carboxylic acids is 2. The average Bonchev–Trinajstić information content (AvgIpc) is 3.71. The van der Waals surface area contributed by atoms with Gasteiger partial charge < -0.3 is 24.1 Å². The Hall–Kier alpha value is -3.28. The molecule has 1 aliphatic heterocycles. The molecular weight excluding hydrogens is 546 g/mol. The number of nitrogens with zero attached hydrogens (tertiary/aromatic N) is 3. The first-order valence-corrected chi connectivity index (χ1v) is 16.1. The molecule has 1 saturated carbocycles. The highest BCUT2D eigenvalue weighted by Crippen LogP contribution is 2.41. The Morgan fingerprint density at radius 1 is 1.05 bits per heavy atom. The number of para-hydroxylation sites is 2. The van der Waals surface area contributed by atoms with Crippen molar-refractivity contribution in [2.24, 2.45) is 5.92 Å². The highest BCUT2D eigenvalue weighted by Gasteiger charge is 2.48. The van der Waals surface area contributed by atoms with Crippen LogP contribution in [0.4, 0.5) is 0 Å². The Kier molecular flexibility index (Phi) is 9.06. The first kappa shape index (κ1) is 29.2. The van der Waals surface area contributed by atoms with Gasteiger partial charge in [0.05, 0.1) is 19.3 Å². The standard InChI is InChI=1S/C30H37N3O7S/c1-41(37,38)30(22-12-13-22)33(27(35)16-15-26(34)32-17-19-39-20-18-32)24(14-11-21-7-3-2-4-8-21)28(36)29-31-23-9-5-6-10-25(23)40-29/h2-10,22,24,28,30,36H,11-20H2,1H3/t24-,28?,30?/m0/s1. The monoisotopic (exact) mass is 583 g/mol. The summed E-state index contributed by atoms with van der Waals surface area (Å²) in [6.45, 7) is 1.81. The molecule has 0 radical (unpaired) electrons. The lowest BCUT2D eigenvalue weighted by Crippen LogP contribution is -2.54. The van der Waals surface area contributed by atoms with Gasteiger partial charge in [0, 0.05) is 32.2 Å². The average molecular weight is 584 g/mol. The normalized spacial score (nSPS) is 18.1. The predicted octanol–water partition coefficient (Wildman–Crippen LogP) is 3.11. The van der Waals surface area contributed by atoms with E-state index in [2.05, 4.69) is 4.98 Å². The molecule has 2 fully saturated rings. The Labute approximate surface area is 240 Å². The molecule has 3 aromatic rings. The summed E-state index contributed by atoms with van der Waals surface area (Å²) in [5.74, 6) is -0.875. The maximum atomic E-state index is 14.0. The maximum absolute atomic E-state index is 14.0. The maximum Gasteiger partial charge on any atom is 0.226 e. The van der Waals surface area contributed by atoms with E-state index in [0.29, 0.717) is 56.7 Å². The van der Waals surface area contributed by atoms with Crippen molar-refractivity contribution in [3.63, 3.8) is 0 Å². The molecule has 11 heteroatoms. The van der Waals surface area contributed by atoms with E-state index in [4.69, 9.17) is 9.15 Å². The summed E-state index contributed by atoms with van der Waals surface area (Å²) in [6, 6.07) is 15.8. The Balaban J connectivity index is 1.48. The fourth-order valence-electron chi connectivity index (χ4n) is 5.58. The summed E-state index contributed by atoms with van der Waals surface area (Å²) in [5.41, 5.74) is 2.03. The van der Waals surface area contributed by atoms with Gasteiger partial charge in [-0.2, -0.15) is 0 Å². The van der Waals surface area contributed by atoms with Crippen LogP contribution in [0.1, 0.15) is 49.7 Å². The number of hydrogen-bond acceptors (Lipinski definition) is 8. The van der Waals surface area contributed by atoms with Gasteiger partial charge in [-0.15, -0.1) is 0 Å². The summed E-state index contributed by atoms with van der Waals surface area (Å²) >= 11 is 0. The van der Waals surface area contributed by atoms with Gasteiger partial charge in [0.15, 0.2) is 21.5 Å². The molecule has 1 N–H and O–H groups in total. The van der Waals surface area contributed by atoms with Crippen LogP contribution in [0, 0.1) is 5.92 Å². The van der Waals surface area contributed by atoms with Crippen LogP contribution in [0.3, 0.4) is 0 Å². The van der Waals surface area contributed by atoms with Gasteiger partial charge in [0.25, 0.3) is 0 Å². The van der Waals surface area contributed by atoms with Crippen LogP contribution < -0.4 is 0 Å². The number of aromatic nitrogens is 1. The number of carbonyl (C=O) groups is 2. The minimum absolute atomic E-state index is 0.0227. The number of sulfone groups is 1. The van der Waals surface area contributed by atoms with Crippen LogP contribution in [-0.2, 0) is 30.6 Å². The lowest BCUT2D eigenvalue weighted by molar-refractivity contribution is -0.143. The summed E-state index contributed by atoms with van der Waals surface area (Å²) < 4.78 is 37.7. The number of rotatable bonds is 12. The molecule has 0 spiro atoms. The van der Waals surface area contributed by atoms with E-state index in [0.717, 1.165) is 11.8 Å². The molecule has 1 saturated heterocycles. The largest absolute Gasteiger partial charge is 0.438 e. The van der Waals surface area contributed by atoms with Gasteiger partial charge in [0.2, 0.25) is 17.7 Å². The molecule has 2 amide bonds. The van der Waals surface area contributed by atoms with Crippen molar-refractivity contribution in [1.29, 1.82) is 0 Å². The lowest BCUT2D eigenvalue weighted by atomic mass is 9.98. The zero-order valence-electron chi connectivity index (χ0n) is 23.2. The van der Waals surface area contributed by atoms with Gasteiger partial charge in [-0.3, -0.25) is 9.59 Å². The molecule has 1 aliphatic carbocycles. The van der Waals surface area contributed by atoms with Crippen molar-refractivity contribution < 1.29 is 32.3 Å². The van der Waals surface area contributed by atoms with Crippen molar-refractivity contribution in [2.45, 2.75) is 56.0 Å². The lowest BCUT2D eigenvalue weighted by Gasteiger charge is -2.39. The third kappa shape index (κ3) is 7.14. The Morgan fingerprint density at radius 3 is 2.39 bits per heavy atom. The molecule has 41 heavy (non-hydrogen) atoms. The summed E-state index contributed by atoms with van der Waals surface area (Å²) in [7, 11) is -3.74. The number of benzene rings is 2. The van der Waals surface area contributed by atoms with Crippen molar-refractivity contribution in [3.05, 3.63) is 66.1 Å². The van der Waals surface area contributed by atoms with Crippen LogP contribution in [0.15, 0.2) is 59.0 Å². The molecule has 3 atom stereocenters. The second-order valence-electron chi connectivity index (χ2n) is 10.9. The van der Waals surface area contributed by atoms with Gasteiger partial charge in [-0.25, -0.2) is 13.4 Å². The van der Waals surface area contributed by atoms with E-state index in [1.54, 1.807) is 23.1 Å². The molecule has 2 unspecified atom stereocenters. The first-order chi connectivity index (χ1) is 19.7. The van der Waals surface area contributed by atoms with Gasteiger partial charge in [0.1, 0.15) is 10.9 Å². The van der Waals surface area contributed by atoms with Crippen LogP contribution >= 0.6 is 0 Å². The number of ether oxygens (including phenoxy) is 1. The zero-order valence-corrected chi connectivity index (χ0v) is 24.0. The van der Waals surface area contributed by atoms with Crippen molar-refractivity contribution in [3.8, 4) is 0 Å². The van der Waals surface area contributed by atoms with E-state index in [1.165, 1.54) is 4.90 Å². The molecule has 2 aromatic carbocycles. The SMILES string of the molecule is CS(=O)(=O)C(C1CC1)N(C(=O)CCC(=O)N1CCOCC1)[C@@H](CCc1ccccc1)C(O)c1nc2ccccc2o1. The number of aliphatic hydroxyl groups is 1. The number of fused-ring (bicyclic) bond motifs is 1. The third-order valence-corrected chi connectivity index (χ3v) is 9.29. The fraction of sp³-hybridized carbons (Fsp3) is 0.500. The minimum Gasteiger partial charge on any atom is -0.438 e. The molecule has 2 aliphatic rings. The van der Waals surface area contributed by atoms with Gasteiger partial charge >= 0.3 is 0 Å². The highest BCUT2D eigenvalue weighted by molar-refractivity contribution is 7.91. The van der Waals surface area contributed by atoms with E-state index in [-0.39, 0.29) is 37.0 Å². The second kappa shape index (κ2) is 12.7. The van der Waals surface area contributed by atoms with Gasteiger partial charge in [-0.05, 0) is 49.3 Å². The molecule has 10 nitrogen and oxygen atoms in total. The van der Waals surface area contributed by atoms with Crippen molar-refractivity contribution in [1.82, 2.24) is 14.8 Å². The van der Waals surface area contributed by atoms with E-state index < -0.39 is 33.3 Å². The predicted molar refractivity (Wildman–Crippen MR) is 152 cm³/mol. The van der Waals surface area contributed by atoms with Crippen LogP contribution in [0.5, 0.6) is 0 Å². The number of hydrogen-bond donors (Lipinski definition) is 1.